The normalized spacial score (nSPS) is 36.9. The number of hydrogen-bond acceptors (Lipinski definition) is 2. The molecule has 4 unspecified atom stereocenters. The Morgan fingerprint density at radius 3 is 2.19 bits per heavy atom. The van der Waals surface area contributed by atoms with E-state index in [-0.39, 0.29) is 0 Å². The molecular formula is C19H38N2. The summed E-state index contributed by atoms with van der Waals surface area (Å²) >= 11 is 0. The lowest BCUT2D eigenvalue weighted by atomic mass is 9.71. The van der Waals surface area contributed by atoms with Crippen LogP contribution in [0.2, 0.25) is 0 Å². The Labute approximate surface area is 133 Å². The third-order valence-corrected chi connectivity index (χ3v) is 6.33. The van der Waals surface area contributed by atoms with Crippen molar-refractivity contribution in [3.8, 4) is 0 Å². The molecule has 2 rings (SSSR count). The molecule has 2 nitrogen and oxygen atoms in total. The monoisotopic (exact) mass is 294 g/mol. The van der Waals surface area contributed by atoms with Gasteiger partial charge in [-0.05, 0) is 74.9 Å². The van der Waals surface area contributed by atoms with Crippen molar-refractivity contribution in [1.29, 1.82) is 0 Å². The standard InChI is InChI=1S/C19H38N2/c1-14-11-15(2)17(18(12-14)20-6)13-21-9-7-16(8-10-21)19(3,4)5/h14-18,20H,7-13H2,1-6H3. The minimum absolute atomic E-state index is 0.493. The molecule has 0 aromatic carbocycles. The molecule has 1 aliphatic heterocycles. The molecule has 2 aliphatic rings. The highest BCUT2D eigenvalue weighted by molar-refractivity contribution is 4.90. The van der Waals surface area contributed by atoms with Crippen molar-refractivity contribution in [3.05, 3.63) is 0 Å². The van der Waals surface area contributed by atoms with Crippen molar-refractivity contribution in [2.45, 2.75) is 66.3 Å². The van der Waals surface area contributed by atoms with Gasteiger partial charge in [-0.25, -0.2) is 0 Å². The average molecular weight is 295 g/mol. The Kier molecular flexibility index (Phi) is 5.76. The van der Waals surface area contributed by atoms with Gasteiger partial charge in [0.1, 0.15) is 0 Å². The van der Waals surface area contributed by atoms with Gasteiger partial charge in [-0.3, -0.25) is 0 Å². The summed E-state index contributed by atoms with van der Waals surface area (Å²) < 4.78 is 0. The summed E-state index contributed by atoms with van der Waals surface area (Å²) in [5.74, 6) is 3.52. The van der Waals surface area contributed by atoms with E-state index in [4.69, 9.17) is 0 Å². The molecule has 1 N–H and O–H groups in total. The first-order chi connectivity index (χ1) is 9.81. The number of nitrogens with one attached hydrogen (secondary N) is 1. The molecule has 4 atom stereocenters. The SMILES string of the molecule is CNC1CC(C)CC(C)C1CN1CCC(C(C)(C)C)CC1. The van der Waals surface area contributed by atoms with Crippen molar-refractivity contribution in [2.75, 3.05) is 26.7 Å². The van der Waals surface area contributed by atoms with Crippen LogP contribution < -0.4 is 5.32 Å². The zero-order valence-corrected chi connectivity index (χ0v) is 15.3. The summed E-state index contributed by atoms with van der Waals surface area (Å²) in [4.78, 5) is 2.75. The second kappa shape index (κ2) is 7.00. The van der Waals surface area contributed by atoms with E-state index in [1.165, 1.54) is 45.3 Å². The first-order valence-electron chi connectivity index (χ1n) is 9.21. The predicted octanol–water partition coefficient (Wildman–Crippen LogP) is 4.01. The summed E-state index contributed by atoms with van der Waals surface area (Å²) in [5, 5.41) is 3.61. The Balaban J connectivity index is 1.87. The van der Waals surface area contributed by atoms with Crippen molar-refractivity contribution >= 4 is 0 Å². The smallest absolute Gasteiger partial charge is 0.0110 e. The molecule has 2 heteroatoms. The first-order valence-corrected chi connectivity index (χ1v) is 9.21. The molecule has 1 heterocycles. The molecule has 0 bridgehead atoms. The zero-order valence-electron chi connectivity index (χ0n) is 15.3. The van der Waals surface area contributed by atoms with Crippen molar-refractivity contribution in [1.82, 2.24) is 10.2 Å². The molecule has 124 valence electrons. The van der Waals surface area contributed by atoms with Gasteiger partial charge < -0.3 is 10.2 Å². The Bertz CT molecular complexity index is 312. The van der Waals surface area contributed by atoms with Crippen LogP contribution in [0.3, 0.4) is 0 Å². The molecular weight excluding hydrogens is 256 g/mol. The summed E-state index contributed by atoms with van der Waals surface area (Å²) in [5.41, 5.74) is 0.493. The van der Waals surface area contributed by atoms with Gasteiger partial charge in [0.25, 0.3) is 0 Å². The second-order valence-corrected chi connectivity index (χ2v) is 9.05. The number of piperidine rings is 1. The molecule has 21 heavy (non-hydrogen) atoms. The largest absolute Gasteiger partial charge is 0.317 e. The quantitative estimate of drug-likeness (QED) is 0.846. The van der Waals surface area contributed by atoms with Crippen LogP contribution in [0.5, 0.6) is 0 Å². The maximum Gasteiger partial charge on any atom is 0.0110 e. The van der Waals surface area contributed by atoms with E-state index < -0.39 is 0 Å². The van der Waals surface area contributed by atoms with Crippen molar-refractivity contribution < 1.29 is 0 Å². The van der Waals surface area contributed by atoms with E-state index in [2.05, 4.69) is 51.9 Å². The van der Waals surface area contributed by atoms with E-state index in [9.17, 15) is 0 Å². The van der Waals surface area contributed by atoms with E-state index in [0.29, 0.717) is 5.41 Å². The van der Waals surface area contributed by atoms with Gasteiger partial charge in [0.05, 0.1) is 0 Å². The lowest BCUT2D eigenvalue weighted by molar-refractivity contribution is 0.0635. The number of rotatable bonds is 3. The number of hydrogen-bond donors (Lipinski definition) is 1. The van der Waals surface area contributed by atoms with Gasteiger partial charge in [0, 0.05) is 12.6 Å². The highest BCUT2D eigenvalue weighted by Gasteiger charge is 2.35. The van der Waals surface area contributed by atoms with Gasteiger partial charge in [0.2, 0.25) is 0 Å². The fraction of sp³-hybridized carbons (Fsp3) is 1.00. The highest BCUT2D eigenvalue weighted by Crippen LogP contribution is 2.37. The molecule has 1 saturated carbocycles. The summed E-state index contributed by atoms with van der Waals surface area (Å²) in [7, 11) is 2.16. The van der Waals surface area contributed by atoms with Gasteiger partial charge in [0.15, 0.2) is 0 Å². The van der Waals surface area contributed by atoms with E-state index in [0.717, 1.165) is 29.7 Å². The maximum absolute atomic E-state index is 3.61. The Morgan fingerprint density at radius 2 is 1.67 bits per heavy atom. The second-order valence-electron chi connectivity index (χ2n) is 9.05. The Hall–Kier alpha value is -0.0800. The van der Waals surface area contributed by atoms with Crippen LogP contribution in [-0.2, 0) is 0 Å². The van der Waals surface area contributed by atoms with Gasteiger partial charge in [-0.15, -0.1) is 0 Å². The van der Waals surface area contributed by atoms with E-state index >= 15 is 0 Å². The number of likely N-dealkylation sites (tertiary alicyclic amines) is 1. The minimum atomic E-state index is 0.493. The maximum atomic E-state index is 3.61. The van der Waals surface area contributed by atoms with Crippen LogP contribution in [-0.4, -0.2) is 37.6 Å². The summed E-state index contributed by atoms with van der Waals surface area (Å²) in [6.07, 6.45) is 5.57. The number of nitrogens with zero attached hydrogens (tertiary/aromatic N) is 1. The van der Waals surface area contributed by atoms with Gasteiger partial charge in [-0.2, -0.15) is 0 Å². The first kappa shape index (κ1) is 17.3. The molecule has 1 saturated heterocycles. The van der Waals surface area contributed by atoms with Gasteiger partial charge in [-0.1, -0.05) is 34.6 Å². The fourth-order valence-electron chi connectivity index (χ4n) is 4.83. The van der Waals surface area contributed by atoms with Crippen molar-refractivity contribution in [2.24, 2.45) is 29.1 Å². The molecule has 0 radical (unpaired) electrons. The van der Waals surface area contributed by atoms with Crippen LogP contribution >= 0.6 is 0 Å². The third kappa shape index (κ3) is 4.45. The molecule has 0 aromatic heterocycles. The average Bonchev–Trinajstić information content (AvgIpc) is 2.41. The summed E-state index contributed by atoms with van der Waals surface area (Å²) in [6.45, 7) is 16.1. The van der Waals surface area contributed by atoms with E-state index in [1.54, 1.807) is 0 Å². The fourth-order valence-corrected chi connectivity index (χ4v) is 4.83. The van der Waals surface area contributed by atoms with Crippen LogP contribution in [0.1, 0.15) is 60.3 Å². The van der Waals surface area contributed by atoms with Crippen LogP contribution in [0.25, 0.3) is 0 Å². The molecule has 1 aliphatic carbocycles. The molecule has 2 fully saturated rings. The Morgan fingerprint density at radius 1 is 1.05 bits per heavy atom. The van der Waals surface area contributed by atoms with Crippen LogP contribution in [0, 0.1) is 29.1 Å². The van der Waals surface area contributed by atoms with Gasteiger partial charge >= 0.3 is 0 Å². The minimum Gasteiger partial charge on any atom is -0.317 e. The predicted molar refractivity (Wildman–Crippen MR) is 92.5 cm³/mol. The molecule has 0 spiro atoms. The lowest BCUT2D eigenvalue weighted by Crippen LogP contribution is -2.49. The van der Waals surface area contributed by atoms with Crippen LogP contribution in [0.15, 0.2) is 0 Å². The van der Waals surface area contributed by atoms with Crippen LogP contribution in [0.4, 0.5) is 0 Å². The molecule has 0 aromatic rings. The third-order valence-electron chi connectivity index (χ3n) is 6.33. The summed E-state index contributed by atoms with van der Waals surface area (Å²) in [6, 6.07) is 0.726. The molecule has 0 amide bonds. The topological polar surface area (TPSA) is 15.3 Å². The highest BCUT2D eigenvalue weighted by atomic mass is 15.1. The lowest BCUT2D eigenvalue weighted by Gasteiger charge is -2.44. The zero-order chi connectivity index (χ0) is 15.6. The van der Waals surface area contributed by atoms with E-state index in [1.807, 2.05) is 0 Å². The van der Waals surface area contributed by atoms with Crippen molar-refractivity contribution in [3.63, 3.8) is 0 Å².